The van der Waals surface area contributed by atoms with Crippen molar-refractivity contribution in [1.82, 2.24) is 15.5 Å². The maximum atomic E-state index is 13.0. The van der Waals surface area contributed by atoms with Gasteiger partial charge in [-0.15, -0.1) is 0 Å². The molecular formula is C20H33N3O6. The molecule has 2 heterocycles. The Morgan fingerprint density at radius 1 is 1.31 bits per heavy atom. The molecule has 0 aromatic rings. The van der Waals surface area contributed by atoms with Crippen molar-refractivity contribution >= 4 is 23.9 Å². The van der Waals surface area contributed by atoms with E-state index in [1.54, 1.807) is 20.8 Å². The molecule has 9 heteroatoms. The molecule has 2 fully saturated rings. The normalized spacial score (nSPS) is 24.6. The molecule has 3 unspecified atom stereocenters. The van der Waals surface area contributed by atoms with Crippen molar-refractivity contribution in [3.8, 4) is 0 Å². The average molecular weight is 411 g/mol. The zero-order chi connectivity index (χ0) is 22.0. The third-order valence-electron chi connectivity index (χ3n) is 5.14. The summed E-state index contributed by atoms with van der Waals surface area (Å²) >= 11 is 0. The summed E-state index contributed by atoms with van der Waals surface area (Å²) in [5.41, 5.74) is -0.958. The van der Waals surface area contributed by atoms with Gasteiger partial charge in [-0.25, -0.2) is 9.59 Å². The van der Waals surface area contributed by atoms with E-state index in [-0.39, 0.29) is 23.7 Å². The second kappa shape index (κ2) is 8.59. The summed E-state index contributed by atoms with van der Waals surface area (Å²) in [7, 11) is 1.24. The maximum absolute atomic E-state index is 13.0. The van der Waals surface area contributed by atoms with Gasteiger partial charge in [-0.1, -0.05) is 13.8 Å². The van der Waals surface area contributed by atoms with Crippen molar-refractivity contribution in [3.05, 3.63) is 0 Å². The topological polar surface area (TPSA) is 114 Å². The lowest BCUT2D eigenvalue weighted by atomic mass is 9.90. The number of nitrogens with zero attached hydrogens (tertiary/aromatic N) is 1. The Morgan fingerprint density at radius 3 is 2.48 bits per heavy atom. The largest absolute Gasteiger partial charge is 0.467 e. The molecule has 0 aromatic carbocycles. The highest BCUT2D eigenvalue weighted by Crippen LogP contribution is 2.35. The van der Waals surface area contributed by atoms with Crippen molar-refractivity contribution in [2.75, 3.05) is 20.2 Å². The molecule has 0 spiro atoms. The smallest absolute Gasteiger partial charge is 0.410 e. The number of esters is 1. The van der Waals surface area contributed by atoms with Crippen molar-refractivity contribution < 1.29 is 28.7 Å². The number of hydrogen-bond acceptors (Lipinski definition) is 6. The van der Waals surface area contributed by atoms with Gasteiger partial charge in [0.05, 0.1) is 7.11 Å². The van der Waals surface area contributed by atoms with E-state index in [0.717, 1.165) is 0 Å². The van der Waals surface area contributed by atoms with E-state index in [4.69, 9.17) is 9.47 Å². The second-order valence-corrected chi connectivity index (χ2v) is 9.59. The van der Waals surface area contributed by atoms with E-state index in [9.17, 15) is 19.2 Å². The molecule has 2 aliphatic heterocycles. The Labute approximate surface area is 171 Å². The van der Waals surface area contributed by atoms with E-state index in [0.29, 0.717) is 25.9 Å². The van der Waals surface area contributed by atoms with Gasteiger partial charge in [0.15, 0.2) is 0 Å². The molecule has 2 N–H and O–H groups in total. The van der Waals surface area contributed by atoms with Crippen LogP contribution in [0.4, 0.5) is 4.79 Å². The quantitative estimate of drug-likeness (QED) is 0.657. The number of likely N-dealkylation sites (tertiary alicyclic amines) is 1. The molecule has 0 aliphatic carbocycles. The second-order valence-electron chi connectivity index (χ2n) is 9.59. The number of carbonyl (C=O) groups is 4. The van der Waals surface area contributed by atoms with E-state index in [1.165, 1.54) is 12.0 Å². The number of amides is 3. The monoisotopic (exact) mass is 411 g/mol. The molecule has 29 heavy (non-hydrogen) atoms. The van der Waals surface area contributed by atoms with E-state index < -0.39 is 35.7 Å². The van der Waals surface area contributed by atoms with Gasteiger partial charge in [0.2, 0.25) is 11.8 Å². The minimum absolute atomic E-state index is 0.134. The van der Waals surface area contributed by atoms with Crippen molar-refractivity contribution in [1.29, 1.82) is 0 Å². The Morgan fingerprint density at radius 2 is 1.97 bits per heavy atom. The van der Waals surface area contributed by atoms with Crippen LogP contribution < -0.4 is 10.6 Å². The van der Waals surface area contributed by atoms with Gasteiger partial charge in [0, 0.05) is 19.0 Å². The molecular weight excluding hydrogens is 378 g/mol. The van der Waals surface area contributed by atoms with Crippen LogP contribution >= 0.6 is 0 Å². The standard InChI is InChI=1S/C20H33N3O6/c1-19(2,3)29-18(27)23-11-20(4,5)10-14(23)16(25)22-13(17(26)28-6)9-12-7-8-21-15(12)24/h12-14H,7-11H2,1-6H3,(H,21,24)(H,22,25). The molecule has 0 aromatic heterocycles. The summed E-state index contributed by atoms with van der Waals surface area (Å²) in [6, 6.07) is -1.71. The first-order chi connectivity index (χ1) is 13.3. The number of carbonyl (C=O) groups excluding carboxylic acids is 4. The summed E-state index contributed by atoms with van der Waals surface area (Å²) in [5.74, 6) is -1.55. The van der Waals surface area contributed by atoms with Gasteiger partial charge in [-0.05, 0) is 45.4 Å². The van der Waals surface area contributed by atoms with Crippen LogP contribution in [0.5, 0.6) is 0 Å². The molecule has 2 saturated heterocycles. The van der Waals surface area contributed by atoms with Gasteiger partial charge >= 0.3 is 12.1 Å². The first-order valence-corrected chi connectivity index (χ1v) is 9.98. The van der Waals surface area contributed by atoms with Gasteiger partial charge in [0.25, 0.3) is 0 Å². The number of nitrogens with one attached hydrogen (secondary N) is 2. The summed E-state index contributed by atoms with van der Waals surface area (Å²) in [6.45, 7) is 10.2. The zero-order valence-electron chi connectivity index (χ0n) is 18.2. The maximum Gasteiger partial charge on any atom is 0.410 e. The first-order valence-electron chi connectivity index (χ1n) is 9.98. The molecule has 2 aliphatic rings. The first kappa shape index (κ1) is 23.0. The summed E-state index contributed by atoms with van der Waals surface area (Å²) in [4.78, 5) is 51.2. The van der Waals surface area contributed by atoms with Crippen LogP contribution in [-0.4, -0.2) is 66.7 Å². The van der Waals surface area contributed by atoms with Gasteiger partial charge in [-0.3, -0.25) is 14.5 Å². The van der Waals surface area contributed by atoms with Crippen molar-refractivity contribution in [2.24, 2.45) is 11.3 Å². The van der Waals surface area contributed by atoms with Crippen LogP contribution in [0.2, 0.25) is 0 Å². The van der Waals surface area contributed by atoms with Gasteiger partial charge < -0.3 is 20.1 Å². The van der Waals surface area contributed by atoms with Gasteiger partial charge in [0.1, 0.15) is 17.7 Å². The fourth-order valence-corrected chi connectivity index (χ4v) is 3.79. The number of rotatable bonds is 5. The van der Waals surface area contributed by atoms with E-state index in [1.807, 2.05) is 13.8 Å². The van der Waals surface area contributed by atoms with E-state index in [2.05, 4.69) is 10.6 Å². The fraction of sp³-hybridized carbons (Fsp3) is 0.800. The van der Waals surface area contributed by atoms with Gasteiger partial charge in [-0.2, -0.15) is 0 Å². The third kappa shape index (κ3) is 6.08. The van der Waals surface area contributed by atoms with E-state index >= 15 is 0 Å². The lowest BCUT2D eigenvalue weighted by Crippen LogP contribution is -2.52. The Hall–Kier alpha value is -2.32. The summed E-state index contributed by atoms with van der Waals surface area (Å²) in [5, 5.41) is 5.42. The predicted octanol–water partition coefficient (Wildman–Crippen LogP) is 1.21. The highest BCUT2D eigenvalue weighted by atomic mass is 16.6. The third-order valence-corrected chi connectivity index (χ3v) is 5.14. The molecule has 0 radical (unpaired) electrons. The Balaban J connectivity index is 2.13. The van der Waals surface area contributed by atoms with Crippen LogP contribution in [-0.2, 0) is 23.9 Å². The predicted molar refractivity (Wildman–Crippen MR) is 105 cm³/mol. The molecule has 2 rings (SSSR count). The molecule has 164 valence electrons. The molecule has 3 atom stereocenters. The van der Waals surface area contributed by atoms with Crippen LogP contribution in [0.15, 0.2) is 0 Å². The summed E-state index contributed by atoms with van der Waals surface area (Å²) in [6.07, 6.45) is 0.638. The highest BCUT2D eigenvalue weighted by Gasteiger charge is 2.46. The zero-order valence-corrected chi connectivity index (χ0v) is 18.2. The highest BCUT2D eigenvalue weighted by molar-refractivity contribution is 5.90. The lowest BCUT2D eigenvalue weighted by molar-refractivity contribution is -0.146. The molecule has 0 bridgehead atoms. The van der Waals surface area contributed by atoms with Crippen LogP contribution in [0.1, 0.15) is 53.9 Å². The Kier molecular flexibility index (Phi) is 6.80. The van der Waals surface area contributed by atoms with Crippen molar-refractivity contribution in [3.63, 3.8) is 0 Å². The number of methoxy groups -OCH3 is 1. The molecule has 9 nitrogen and oxygen atoms in total. The lowest BCUT2D eigenvalue weighted by Gasteiger charge is -2.29. The molecule has 0 saturated carbocycles. The fourth-order valence-electron chi connectivity index (χ4n) is 3.79. The number of hydrogen-bond donors (Lipinski definition) is 2. The van der Waals surface area contributed by atoms with Crippen LogP contribution in [0.25, 0.3) is 0 Å². The Bertz CT molecular complexity index is 670. The average Bonchev–Trinajstić information content (AvgIpc) is 3.14. The van der Waals surface area contributed by atoms with Crippen LogP contribution in [0, 0.1) is 11.3 Å². The minimum Gasteiger partial charge on any atom is -0.467 e. The number of ether oxygens (including phenoxy) is 2. The summed E-state index contributed by atoms with van der Waals surface area (Å²) < 4.78 is 10.3. The van der Waals surface area contributed by atoms with Crippen LogP contribution in [0.3, 0.4) is 0 Å². The van der Waals surface area contributed by atoms with Crippen molar-refractivity contribution in [2.45, 2.75) is 71.6 Å². The molecule has 3 amide bonds. The minimum atomic E-state index is -0.953. The SMILES string of the molecule is COC(=O)C(CC1CCNC1=O)NC(=O)C1CC(C)(C)CN1C(=O)OC(C)(C)C.